The van der Waals surface area contributed by atoms with Gasteiger partial charge in [-0.15, -0.1) is 0 Å². The van der Waals surface area contributed by atoms with E-state index in [1.165, 1.54) is 12.8 Å². The van der Waals surface area contributed by atoms with Crippen molar-refractivity contribution in [2.75, 3.05) is 18.5 Å². The Balaban J connectivity index is -0.000000188. The van der Waals surface area contributed by atoms with Gasteiger partial charge in [-0.25, -0.2) is 0 Å². The van der Waals surface area contributed by atoms with Gasteiger partial charge in [0.2, 0.25) is 0 Å². The molecule has 0 radical (unpaired) electrons. The first-order valence-corrected chi connectivity index (χ1v) is 7.49. The van der Waals surface area contributed by atoms with Gasteiger partial charge in [-0.05, 0) is 20.8 Å². The fourth-order valence-corrected chi connectivity index (χ4v) is 0.749. The van der Waals surface area contributed by atoms with Crippen molar-refractivity contribution in [2.24, 2.45) is 0 Å². The lowest BCUT2D eigenvalue weighted by Gasteiger charge is -2.09. The lowest BCUT2D eigenvalue weighted by Crippen LogP contribution is -2.11. The van der Waals surface area contributed by atoms with E-state index in [2.05, 4.69) is 29.8 Å². The maximum atomic E-state index is 9.37. The van der Waals surface area contributed by atoms with Crippen molar-refractivity contribution in [1.29, 1.82) is 0 Å². The SMILES string of the molecule is CCCC.CCOC(C)OCC.O=CCCBr. The van der Waals surface area contributed by atoms with Gasteiger partial charge in [0.05, 0.1) is 0 Å². The molecule has 0 rings (SSSR count). The molecule has 0 fully saturated rings. The van der Waals surface area contributed by atoms with E-state index in [0.29, 0.717) is 6.42 Å². The molecule has 0 aliphatic carbocycles. The highest BCUT2D eigenvalue weighted by atomic mass is 79.9. The molecule has 106 valence electrons. The van der Waals surface area contributed by atoms with Crippen molar-refractivity contribution in [3.05, 3.63) is 0 Å². The molecule has 0 spiro atoms. The monoisotopic (exact) mass is 312 g/mol. The Bertz CT molecular complexity index is 113. The van der Waals surface area contributed by atoms with Crippen molar-refractivity contribution < 1.29 is 14.3 Å². The number of alkyl halides is 1. The third-order valence-electron chi connectivity index (χ3n) is 1.53. The molecule has 0 N–H and O–H groups in total. The Morgan fingerprint density at radius 1 is 1.06 bits per heavy atom. The zero-order valence-electron chi connectivity index (χ0n) is 12.0. The predicted molar refractivity (Wildman–Crippen MR) is 77.8 cm³/mol. The highest BCUT2D eigenvalue weighted by Gasteiger charge is 1.94. The fraction of sp³-hybridized carbons (Fsp3) is 0.923. The van der Waals surface area contributed by atoms with Crippen LogP contribution in [0, 0.1) is 0 Å². The van der Waals surface area contributed by atoms with Gasteiger partial charge in [0.1, 0.15) is 6.29 Å². The Morgan fingerprint density at radius 2 is 1.47 bits per heavy atom. The van der Waals surface area contributed by atoms with Gasteiger partial charge in [0.15, 0.2) is 6.29 Å². The molecule has 0 aromatic carbocycles. The number of carbonyl (C=O) groups is 1. The zero-order valence-corrected chi connectivity index (χ0v) is 13.6. The predicted octanol–water partition coefficient (Wildman–Crippen LogP) is 4.18. The summed E-state index contributed by atoms with van der Waals surface area (Å²) >= 11 is 3.08. The standard InChI is InChI=1S/C6H14O2.C4H10.C3H5BrO/c1-4-7-6(3)8-5-2;1-3-4-2;4-2-1-3-5/h6H,4-5H2,1-3H3;3-4H2,1-2H3;3H,1-2H2. The van der Waals surface area contributed by atoms with Crippen LogP contribution in [0.4, 0.5) is 0 Å². The van der Waals surface area contributed by atoms with Crippen LogP contribution in [0.2, 0.25) is 0 Å². The van der Waals surface area contributed by atoms with Crippen LogP contribution in [0.3, 0.4) is 0 Å². The summed E-state index contributed by atoms with van der Waals surface area (Å²) < 4.78 is 10.1. The molecule has 0 amide bonds. The number of hydrogen-bond donors (Lipinski definition) is 0. The maximum Gasteiger partial charge on any atom is 0.154 e. The van der Waals surface area contributed by atoms with Gasteiger partial charge in [0, 0.05) is 25.0 Å². The first kappa shape index (κ1) is 22.3. The minimum Gasteiger partial charge on any atom is -0.353 e. The summed E-state index contributed by atoms with van der Waals surface area (Å²) in [5.74, 6) is 0. The molecule has 0 aromatic heterocycles. The number of ether oxygens (including phenoxy) is 2. The molecule has 0 bridgehead atoms. The minimum atomic E-state index is -0.0370. The highest BCUT2D eigenvalue weighted by Crippen LogP contribution is 1.90. The number of unbranched alkanes of at least 4 members (excludes halogenated alkanes) is 1. The van der Waals surface area contributed by atoms with Crippen LogP contribution < -0.4 is 0 Å². The van der Waals surface area contributed by atoms with Gasteiger partial charge < -0.3 is 14.3 Å². The van der Waals surface area contributed by atoms with Gasteiger partial charge in [-0.3, -0.25) is 0 Å². The summed E-state index contributed by atoms with van der Waals surface area (Å²) in [6.45, 7) is 11.6. The molecule has 0 unspecified atom stereocenters. The topological polar surface area (TPSA) is 35.5 Å². The second-order valence-corrected chi connectivity index (χ2v) is 3.92. The molecule has 0 aliphatic heterocycles. The average Bonchev–Trinajstić information content (AvgIpc) is 2.32. The molecule has 0 heterocycles. The third kappa shape index (κ3) is 38.7. The number of hydrogen-bond acceptors (Lipinski definition) is 3. The van der Waals surface area contributed by atoms with E-state index in [1.54, 1.807) is 0 Å². The van der Waals surface area contributed by atoms with E-state index in [-0.39, 0.29) is 6.29 Å². The number of carbonyl (C=O) groups excluding carboxylic acids is 1. The Labute approximate surface area is 115 Å². The van der Waals surface area contributed by atoms with Crippen LogP contribution in [0.25, 0.3) is 0 Å². The summed E-state index contributed by atoms with van der Waals surface area (Å²) in [5, 5.41) is 0.788. The molecule has 0 aromatic rings. The number of aldehydes is 1. The zero-order chi connectivity index (χ0) is 13.9. The van der Waals surface area contributed by atoms with Gasteiger partial charge in [-0.2, -0.15) is 0 Å². The number of rotatable bonds is 7. The van der Waals surface area contributed by atoms with Crippen LogP contribution >= 0.6 is 15.9 Å². The normalized spacial score (nSPS) is 8.88. The Kier molecular flexibility index (Phi) is 32.8. The molecule has 0 aliphatic rings. The maximum absolute atomic E-state index is 9.37. The fourth-order valence-electron chi connectivity index (χ4n) is 0.562. The van der Waals surface area contributed by atoms with E-state index in [0.717, 1.165) is 24.8 Å². The highest BCUT2D eigenvalue weighted by molar-refractivity contribution is 9.09. The quantitative estimate of drug-likeness (QED) is 0.402. The van der Waals surface area contributed by atoms with Crippen LogP contribution in [-0.2, 0) is 14.3 Å². The van der Waals surface area contributed by atoms with E-state index < -0.39 is 0 Å². The van der Waals surface area contributed by atoms with Crippen molar-refractivity contribution in [3.8, 4) is 0 Å². The van der Waals surface area contributed by atoms with Crippen molar-refractivity contribution in [3.63, 3.8) is 0 Å². The van der Waals surface area contributed by atoms with Crippen LogP contribution in [-0.4, -0.2) is 31.1 Å². The molecular formula is C13H29BrO3. The van der Waals surface area contributed by atoms with Crippen molar-refractivity contribution >= 4 is 22.2 Å². The van der Waals surface area contributed by atoms with E-state index in [9.17, 15) is 4.79 Å². The Morgan fingerprint density at radius 3 is 1.59 bits per heavy atom. The van der Waals surface area contributed by atoms with Crippen molar-refractivity contribution in [1.82, 2.24) is 0 Å². The molecule has 0 atom stereocenters. The van der Waals surface area contributed by atoms with Crippen molar-refractivity contribution in [2.45, 2.75) is 60.2 Å². The van der Waals surface area contributed by atoms with E-state index >= 15 is 0 Å². The molecule has 0 saturated carbocycles. The van der Waals surface area contributed by atoms with E-state index in [1.807, 2.05) is 20.8 Å². The summed E-state index contributed by atoms with van der Waals surface area (Å²) in [4.78, 5) is 9.37. The lowest BCUT2D eigenvalue weighted by molar-refractivity contribution is -0.123. The van der Waals surface area contributed by atoms with Gasteiger partial charge >= 0.3 is 0 Å². The lowest BCUT2D eigenvalue weighted by atomic mass is 10.4. The second kappa shape index (κ2) is 25.1. The van der Waals surface area contributed by atoms with Gasteiger partial charge in [-0.1, -0.05) is 42.6 Å². The second-order valence-electron chi connectivity index (χ2n) is 3.12. The molecule has 0 saturated heterocycles. The Hall–Kier alpha value is 0.0700. The van der Waals surface area contributed by atoms with Gasteiger partial charge in [0.25, 0.3) is 0 Å². The molecular weight excluding hydrogens is 284 g/mol. The smallest absolute Gasteiger partial charge is 0.154 e. The molecule has 17 heavy (non-hydrogen) atoms. The minimum absolute atomic E-state index is 0.0370. The number of halogens is 1. The first-order valence-electron chi connectivity index (χ1n) is 6.37. The largest absolute Gasteiger partial charge is 0.353 e. The summed E-state index contributed by atoms with van der Waals surface area (Å²) in [5.41, 5.74) is 0. The summed E-state index contributed by atoms with van der Waals surface area (Å²) in [7, 11) is 0. The third-order valence-corrected chi connectivity index (χ3v) is 1.99. The first-order chi connectivity index (χ1) is 8.14. The summed E-state index contributed by atoms with van der Waals surface area (Å²) in [6, 6.07) is 0. The van der Waals surface area contributed by atoms with E-state index in [4.69, 9.17) is 9.47 Å². The van der Waals surface area contributed by atoms with Crippen LogP contribution in [0.1, 0.15) is 53.9 Å². The molecule has 3 nitrogen and oxygen atoms in total. The van der Waals surface area contributed by atoms with Crippen LogP contribution in [0.15, 0.2) is 0 Å². The molecule has 4 heteroatoms. The average molecular weight is 313 g/mol. The summed E-state index contributed by atoms with van der Waals surface area (Å²) in [6.07, 6.45) is 4.11. The van der Waals surface area contributed by atoms with Crippen LogP contribution in [0.5, 0.6) is 0 Å².